The molecule has 96 valence electrons. The van der Waals surface area contributed by atoms with Crippen LogP contribution >= 0.6 is 11.6 Å². The zero-order valence-corrected chi connectivity index (χ0v) is 12.3. The Morgan fingerprint density at radius 3 is 2.28 bits per heavy atom. The van der Waals surface area contributed by atoms with E-state index in [2.05, 4.69) is 39.7 Å². The van der Waals surface area contributed by atoms with E-state index in [1.807, 2.05) is 24.3 Å². The molecule has 0 atom stereocenters. The van der Waals surface area contributed by atoms with E-state index in [1.165, 1.54) is 0 Å². The molecule has 1 aliphatic rings. The first kappa shape index (κ1) is 13.7. The first-order valence-electron chi connectivity index (χ1n) is 6.42. The maximum absolute atomic E-state index is 6.10. The van der Waals surface area contributed by atoms with Crippen molar-refractivity contribution in [2.75, 3.05) is 0 Å². The average molecular weight is 263 g/mol. The quantitative estimate of drug-likeness (QED) is 0.701. The lowest BCUT2D eigenvalue weighted by Crippen LogP contribution is -2.34. The van der Waals surface area contributed by atoms with Crippen LogP contribution in [0.4, 0.5) is 0 Å². The van der Waals surface area contributed by atoms with E-state index in [0.717, 1.165) is 16.9 Å². The maximum Gasteiger partial charge on any atom is 0.320 e. The molecule has 1 aliphatic heterocycles. The fourth-order valence-electron chi connectivity index (χ4n) is 2.23. The number of benzene rings is 1. The summed E-state index contributed by atoms with van der Waals surface area (Å²) in [7, 11) is 0. The number of hydrogen-bond acceptors (Lipinski definition) is 1. The molecule has 1 fully saturated rings. The highest BCUT2D eigenvalue weighted by atomic mass is 35.5. The first-order valence-corrected chi connectivity index (χ1v) is 6.80. The summed E-state index contributed by atoms with van der Waals surface area (Å²) in [4.78, 5) is 0. The molecular weight excluding hydrogens is 242 g/mol. The van der Waals surface area contributed by atoms with Gasteiger partial charge in [0.1, 0.15) is 0 Å². The van der Waals surface area contributed by atoms with E-state index in [0.29, 0.717) is 0 Å². The molecule has 18 heavy (non-hydrogen) atoms. The zero-order chi connectivity index (χ0) is 13.4. The molecule has 3 heteroatoms. The zero-order valence-electron chi connectivity index (χ0n) is 11.5. The van der Waals surface area contributed by atoms with Gasteiger partial charge >= 0.3 is 6.92 Å². The lowest BCUT2D eigenvalue weighted by molar-refractivity contribution is 0.0374. The molecule has 1 saturated heterocycles. The van der Waals surface area contributed by atoms with Gasteiger partial charge in [0.15, 0.2) is 0 Å². The normalized spacial score (nSPS) is 21.7. The Morgan fingerprint density at radius 2 is 1.78 bits per heavy atom. The number of rotatable bonds is 2. The van der Waals surface area contributed by atoms with E-state index in [-0.39, 0.29) is 17.9 Å². The van der Waals surface area contributed by atoms with Crippen molar-refractivity contribution in [2.45, 2.75) is 39.6 Å². The third kappa shape index (κ3) is 2.81. The molecule has 1 nitrogen and oxygen atoms in total. The van der Waals surface area contributed by atoms with Crippen LogP contribution in [-0.4, -0.2) is 12.5 Å². The Labute approximate surface area is 115 Å². The van der Waals surface area contributed by atoms with E-state index in [4.69, 9.17) is 16.3 Å². The molecule has 0 amide bonds. The molecule has 0 radical (unpaired) electrons. The van der Waals surface area contributed by atoms with Gasteiger partial charge in [-0.3, -0.25) is 0 Å². The van der Waals surface area contributed by atoms with Gasteiger partial charge in [0, 0.05) is 5.02 Å². The van der Waals surface area contributed by atoms with E-state index < -0.39 is 0 Å². The predicted octanol–water partition coefficient (Wildman–Crippen LogP) is 4.72. The average Bonchev–Trinajstić information content (AvgIpc) is 2.47. The van der Waals surface area contributed by atoms with Gasteiger partial charge in [0.05, 0.1) is 5.60 Å². The summed E-state index contributed by atoms with van der Waals surface area (Å²) in [6.45, 7) is 9.07. The fourth-order valence-corrected chi connectivity index (χ4v) is 2.35. The fraction of sp³-hybridized carbons (Fsp3) is 0.467. The Hall–Kier alpha value is -0.725. The van der Waals surface area contributed by atoms with Crippen molar-refractivity contribution >= 4 is 24.6 Å². The maximum atomic E-state index is 6.10. The Morgan fingerprint density at radius 1 is 1.17 bits per heavy atom. The summed E-state index contributed by atoms with van der Waals surface area (Å²) in [6.07, 6.45) is 3.17. The van der Waals surface area contributed by atoms with Crippen LogP contribution in [-0.2, 0) is 4.65 Å². The van der Waals surface area contributed by atoms with Crippen LogP contribution in [0.1, 0.15) is 33.3 Å². The predicted molar refractivity (Wildman–Crippen MR) is 80.0 cm³/mol. The highest BCUT2D eigenvalue weighted by molar-refractivity contribution is 6.59. The van der Waals surface area contributed by atoms with Gasteiger partial charge in [-0.25, -0.2) is 0 Å². The summed E-state index contributed by atoms with van der Waals surface area (Å²) >= 11 is 5.86. The highest BCUT2D eigenvalue weighted by Gasteiger charge is 2.48. The summed E-state index contributed by atoms with van der Waals surface area (Å²) in [6, 6.07) is 7.85. The van der Waals surface area contributed by atoms with Crippen molar-refractivity contribution in [1.82, 2.24) is 0 Å². The van der Waals surface area contributed by atoms with Gasteiger partial charge in [-0.15, -0.1) is 0 Å². The molecule has 2 rings (SSSR count). The Kier molecular flexibility index (Phi) is 3.62. The van der Waals surface area contributed by atoms with Gasteiger partial charge in [0.2, 0.25) is 0 Å². The lowest BCUT2D eigenvalue weighted by Gasteiger charge is -2.34. The highest BCUT2D eigenvalue weighted by Crippen LogP contribution is 2.45. The van der Waals surface area contributed by atoms with Crippen molar-refractivity contribution in [3.63, 3.8) is 0 Å². The van der Waals surface area contributed by atoms with Crippen molar-refractivity contribution in [1.29, 1.82) is 0 Å². The second-order valence-corrected chi connectivity index (χ2v) is 6.60. The number of hydrogen-bond donors (Lipinski definition) is 0. The largest absolute Gasteiger partial charge is 0.426 e. The Balaban J connectivity index is 2.06. The molecule has 0 N–H and O–H groups in total. The van der Waals surface area contributed by atoms with E-state index >= 15 is 0 Å². The third-order valence-corrected chi connectivity index (χ3v) is 4.41. The van der Waals surface area contributed by atoms with Crippen LogP contribution < -0.4 is 0 Å². The van der Waals surface area contributed by atoms with E-state index in [9.17, 15) is 0 Å². The second-order valence-electron chi connectivity index (χ2n) is 6.17. The molecular formula is C15H20BClO. The van der Waals surface area contributed by atoms with Gasteiger partial charge in [-0.05, 0) is 43.3 Å². The molecule has 1 aromatic carbocycles. The molecule has 0 bridgehead atoms. The smallest absolute Gasteiger partial charge is 0.320 e. The third-order valence-electron chi connectivity index (χ3n) is 4.16. The minimum atomic E-state index is -0.0675. The van der Waals surface area contributed by atoms with Crippen molar-refractivity contribution in [2.24, 2.45) is 5.41 Å². The van der Waals surface area contributed by atoms with Gasteiger partial charge in [-0.2, -0.15) is 0 Å². The van der Waals surface area contributed by atoms with Gasteiger partial charge in [-0.1, -0.05) is 49.6 Å². The molecule has 1 heterocycles. The monoisotopic (exact) mass is 262 g/mol. The summed E-state index contributed by atoms with van der Waals surface area (Å²) in [5.74, 6) is 2.15. The van der Waals surface area contributed by atoms with Crippen molar-refractivity contribution < 1.29 is 4.65 Å². The lowest BCUT2D eigenvalue weighted by atomic mass is 9.58. The topological polar surface area (TPSA) is 9.23 Å². The first-order chi connectivity index (χ1) is 8.30. The Bertz CT molecular complexity index is 432. The van der Waals surface area contributed by atoms with Crippen molar-refractivity contribution in [3.05, 3.63) is 40.8 Å². The SMILES string of the molecule is CC1(C)CB(/C=C/c2ccc(Cl)cc2)OC1(C)C. The summed E-state index contributed by atoms with van der Waals surface area (Å²) in [5, 5.41) is 0.770. The van der Waals surface area contributed by atoms with Crippen LogP contribution in [0.25, 0.3) is 6.08 Å². The van der Waals surface area contributed by atoms with Gasteiger partial charge in [0.25, 0.3) is 0 Å². The van der Waals surface area contributed by atoms with Crippen LogP contribution in [0.2, 0.25) is 11.3 Å². The van der Waals surface area contributed by atoms with Crippen molar-refractivity contribution in [3.8, 4) is 0 Å². The molecule has 0 saturated carbocycles. The molecule has 0 unspecified atom stereocenters. The van der Waals surface area contributed by atoms with Crippen LogP contribution in [0.3, 0.4) is 0 Å². The van der Waals surface area contributed by atoms with Crippen LogP contribution in [0.5, 0.6) is 0 Å². The van der Waals surface area contributed by atoms with Crippen LogP contribution in [0.15, 0.2) is 30.2 Å². The molecule has 0 aliphatic carbocycles. The minimum absolute atomic E-state index is 0.0675. The molecule has 0 aromatic heterocycles. The van der Waals surface area contributed by atoms with Gasteiger partial charge < -0.3 is 4.65 Å². The van der Waals surface area contributed by atoms with E-state index in [1.54, 1.807) is 0 Å². The molecule has 0 spiro atoms. The minimum Gasteiger partial charge on any atom is -0.426 e. The van der Waals surface area contributed by atoms with Crippen LogP contribution in [0, 0.1) is 5.41 Å². The molecule has 1 aromatic rings. The summed E-state index contributed by atoms with van der Waals surface area (Å²) in [5.41, 5.74) is 1.30. The standard InChI is InChI=1S/C15H20BClO/c1-14(2)11-16(18-15(14,3)4)10-9-12-5-7-13(17)8-6-12/h5-10H,11H2,1-4H3/b10-9+. The second kappa shape index (κ2) is 4.75. The summed E-state index contributed by atoms with van der Waals surface area (Å²) < 4.78 is 6.10. The number of halogens is 1.